The van der Waals surface area contributed by atoms with Crippen LogP contribution in [0.1, 0.15) is 43.0 Å². The maximum absolute atomic E-state index is 13.2. The Morgan fingerprint density at radius 2 is 1.41 bits per heavy atom. The molecule has 0 unspecified atom stereocenters. The first kappa shape index (κ1) is 20.7. The van der Waals surface area contributed by atoms with Gasteiger partial charge >= 0.3 is 0 Å². The molecule has 0 spiro atoms. The Kier molecular flexibility index (Phi) is 7.17. The Morgan fingerprint density at radius 3 is 1.93 bits per heavy atom. The molecule has 0 saturated heterocycles. The van der Waals surface area contributed by atoms with Crippen molar-refractivity contribution in [2.45, 2.75) is 59.7 Å². The highest BCUT2D eigenvalue weighted by atomic mass is 16.2. The lowest BCUT2D eigenvalue weighted by Crippen LogP contribution is -2.49. The fourth-order valence-electron chi connectivity index (χ4n) is 3.03. The largest absolute Gasteiger partial charge is 0.352 e. The van der Waals surface area contributed by atoms with Crippen LogP contribution in [0.15, 0.2) is 48.5 Å². The van der Waals surface area contributed by atoms with Gasteiger partial charge in [-0.25, -0.2) is 0 Å². The molecule has 2 amide bonds. The maximum Gasteiger partial charge on any atom is 0.242 e. The monoisotopic (exact) mass is 366 g/mol. The van der Waals surface area contributed by atoms with Gasteiger partial charge in [-0.2, -0.15) is 0 Å². The molecule has 4 heteroatoms. The Labute approximate surface area is 162 Å². The van der Waals surface area contributed by atoms with E-state index in [4.69, 9.17) is 0 Å². The van der Waals surface area contributed by atoms with Gasteiger partial charge in [0.15, 0.2) is 0 Å². The van der Waals surface area contributed by atoms with Crippen LogP contribution in [0.3, 0.4) is 0 Å². The van der Waals surface area contributed by atoms with Gasteiger partial charge in [-0.1, -0.05) is 48.5 Å². The fraction of sp³-hybridized carbons (Fsp3) is 0.391. The average molecular weight is 367 g/mol. The lowest BCUT2D eigenvalue weighted by Gasteiger charge is -2.30. The molecule has 0 radical (unpaired) electrons. The first-order valence-corrected chi connectivity index (χ1v) is 9.48. The number of benzene rings is 2. The van der Waals surface area contributed by atoms with Gasteiger partial charge < -0.3 is 10.2 Å². The van der Waals surface area contributed by atoms with Crippen LogP contribution < -0.4 is 5.32 Å². The van der Waals surface area contributed by atoms with E-state index >= 15 is 0 Å². The summed E-state index contributed by atoms with van der Waals surface area (Å²) in [6.07, 6.45) is 0.290. The Bertz CT molecular complexity index is 798. The molecule has 2 aromatic carbocycles. The molecule has 2 rings (SSSR count). The van der Waals surface area contributed by atoms with Crippen LogP contribution in [-0.2, 0) is 22.6 Å². The van der Waals surface area contributed by atoms with Gasteiger partial charge in [0.1, 0.15) is 6.04 Å². The molecule has 4 nitrogen and oxygen atoms in total. The fourth-order valence-corrected chi connectivity index (χ4v) is 3.03. The van der Waals surface area contributed by atoms with E-state index in [2.05, 4.69) is 5.32 Å². The molecule has 2 aromatic rings. The van der Waals surface area contributed by atoms with Gasteiger partial charge in [0.05, 0.1) is 6.42 Å². The predicted octanol–water partition coefficient (Wildman–Crippen LogP) is 3.79. The highest BCUT2D eigenvalue weighted by Gasteiger charge is 2.27. The van der Waals surface area contributed by atoms with Crippen molar-refractivity contribution in [1.82, 2.24) is 10.2 Å². The Hall–Kier alpha value is -2.62. The molecule has 1 atom stereocenters. The van der Waals surface area contributed by atoms with E-state index in [1.807, 2.05) is 76.2 Å². The van der Waals surface area contributed by atoms with Crippen LogP contribution >= 0.6 is 0 Å². The lowest BCUT2D eigenvalue weighted by molar-refractivity contribution is -0.140. The summed E-state index contributed by atoms with van der Waals surface area (Å²) in [7, 11) is 0. The van der Waals surface area contributed by atoms with Crippen molar-refractivity contribution in [3.63, 3.8) is 0 Å². The van der Waals surface area contributed by atoms with E-state index in [1.54, 1.807) is 11.8 Å². The molecule has 0 aliphatic rings. The minimum Gasteiger partial charge on any atom is -0.352 e. The summed E-state index contributed by atoms with van der Waals surface area (Å²) in [5, 5.41) is 2.92. The Morgan fingerprint density at radius 1 is 0.889 bits per heavy atom. The molecule has 0 fully saturated rings. The summed E-state index contributed by atoms with van der Waals surface area (Å²) >= 11 is 0. The topological polar surface area (TPSA) is 49.4 Å². The summed E-state index contributed by atoms with van der Waals surface area (Å²) in [6.45, 7) is 10.1. The highest BCUT2D eigenvalue weighted by Crippen LogP contribution is 2.16. The molecule has 0 aliphatic heterocycles. The van der Waals surface area contributed by atoms with Gasteiger partial charge in [0.2, 0.25) is 11.8 Å². The van der Waals surface area contributed by atoms with Gasteiger partial charge in [0, 0.05) is 12.6 Å². The van der Waals surface area contributed by atoms with Gasteiger partial charge in [-0.05, 0) is 56.9 Å². The molecule has 0 saturated carbocycles. The van der Waals surface area contributed by atoms with E-state index in [0.717, 1.165) is 22.3 Å². The van der Waals surface area contributed by atoms with Gasteiger partial charge in [-0.15, -0.1) is 0 Å². The summed E-state index contributed by atoms with van der Waals surface area (Å²) < 4.78 is 0. The van der Waals surface area contributed by atoms with Crippen LogP contribution in [0.2, 0.25) is 0 Å². The SMILES string of the molecule is Cc1ccccc1CC(=O)N(Cc1ccccc1C)[C@@H](C)C(=O)NC(C)C. The summed E-state index contributed by atoms with van der Waals surface area (Å²) in [5.74, 6) is -0.171. The molecule has 0 aliphatic carbocycles. The molecule has 27 heavy (non-hydrogen) atoms. The van der Waals surface area contributed by atoms with Crippen LogP contribution in [0, 0.1) is 13.8 Å². The van der Waals surface area contributed by atoms with E-state index < -0.39 is 6.04 Å². The smallest absolute Gasteiger partial charge is 0.242 e. The van der Waals surface area contributed by atoms with Crippen LogP contribution in [0.5, 0.6) is 0 Å². The van der Waals surface area contributed by atoms with Crippen LogP contribution in [0.25, 0.3) is 0 Å². The molecule has 144 valence electrons. The highest BCUT2D eigenvalue weighted by molar-refractivity contribution is 5.88. The minimum absolute atomic E-state index is 0.0340. The second kappa shape index (κ2) is 9.36. The van der Waals surface area contributed by atoms with Crippen molar-refractivity contribution in [3.05, 3.63) is 70.8 Å². The van der Waals surface area contributed by atoms with E-state index in [0.29, 0.717) is 6.54 Å². The first-order valence-electron chi connectivity index (χ1n) is 9.48. The molecular formula is C23H30N2O2. The van der Waals surface area contributed by atoms with Crippen molar-refractivity contribution >= 4 is 11.8 Å². The Balaban J connectivity index is 2.27. The number of rotatable bonds is 7. The summed E-state index contributed by atoms with van der Waals surface area (Å²) in [6, 6.07) is 15.4. The maximum atomic E-state index is 13.2. The van der Waals surface area contributed by atoms with E-state index in [1.165, 1.54) is 0 Å². The van der Waals surface area contributed by atoms with Crippen molar-refractivity contribution in [1.29, 1.82) is 0 Å². The molecule has 0 aromatic heterocycles. The van der Waals surface area contributed by atoms with E-state index in [-0.39, 0.29) is 24.3 Å². The second-order valence-corrected chi connectivity index (χ2v) is 7.39. The van der Waals surface area contributed by atoms with Crippen LogP contribution in [-0.4, -0.2) is 28.8 Å². The summed E-state index contributed by atoms with van der Waals surface area (Å²) in [5.41, 5.74) is 4.25. The number of hydrogen-bond acceptors (Lipinski definition) is 2. The van der Waals surface area contributed by atoms with Crippen molar-refractivity contribution in [2.24, 2.45) is 0 Å². The van der Waals surface area contributed by atoms with Crippen molar-refractivity contribution < 1.29 is 9.59 Å². The third-order valence-corrected chi connectivity index (χ3v) is 4.80. The molecular weight excluding hydrogens is 336 g/mol. The van der Waals surface area contributed by atoms with Crippen molar-refractivity contribution in [2.75, 3.05) is 0 Å². The van der Waals surface area contributed by atoms with Crippen molar-refractivity contribution in [3.8, 4) is 0 Å². The number of nitrogens with one attached hydrogen (secondary N) is 1. The molecule has 0 heterocycles. The number of hydrogen-bond donors (Lipinski definition) is 1. The third-order valence-electron chi connectivity index (χ3n) is 4.80. The van der Waals surface area contributed by atoms with Crippen LogP contribution in [0.4, 0.5) is 0 Å². The number of aryl methyl sites for hydroxylation is 2. The quantitative estimate of drug-likeness (QED) is 0.810. The summed E-state index contributed by atoms with van der Waals surface area (Å²) in [4.78, 5) is 27.4. The molecule has 1 N–H and O–H groups in total. The minimum atomic E-state index is -0.538. The zero-order valence-electron chi connectivity index (χ0n) is 17.0. The number of nitrogens with zero attached hydrogens (tertiary/aromatic N) is 1. The van der Waals surface area contributed by atoms with Gasteiger partial charge in [0.25, 0.3) is 0 Å². The normalized spacial score (nSPS) is 11.9. The lowest BCUT2D eigenvalue weighted by atomic mass is 10.0. The number of carbonyl (C=O) groups is 2. The van der Waals surface area contributed by atoms with Gasteiger partial charge in [-0.3, -0.25) is 9.59 Å². The number of amides is 2. The second-order valence-electron chi connectivity index (χ2n) is 7.39. The molecule has 0 bridgehead atoms. The predicted molar refractivity (Wildman–Crippen MR) is 109 cm³/mol. The first-order chi connectivity index (χ1) is 12.8. The van der Waals surface area contributed by atoms with E-state index in [9.17, 15) is 9.59 Å². The average Bonchev–Trinajstić information content (AvgIpc) is 2.61. The zero-order valence-corrected chi connectivity index (χ0v) is 17.0. The number of carbonyl (C=O) groups excluding carboxylic acids is 2. The zero-order chi connectivity index (χ0) is 20.0. The standard InChI is InChI=1S/C23H30N2O2/c1-16(2)24-23(27)19(5)25(15-21-13-9-7-11-18(21)4)22(26)14-20-12-8-6-10-17(20)3/h6-13,16,19H,14-15H2,1-5H3,(H,24,27)/t19-/m0/s1. The third kappa shape index (κ3) is 5.68.